The van der Waals surface area contributed by atoms with Crippen LogP contribution in [0.15, 0.2) is 48.9 Å². The average molecular weight is 392 g/mol. The standard InChI is InChI=1S/C20H24N8O/c21-16-4-1-2-5-17(16)26-20-23-12-15(18(22)29)19(27-20)25-13-6-8-14(9-7-13)28-11-3-10-24-28/h3,6-12,16-17H,1-2,4-5,21H2,(H2,22,29)(H2,23,25,26,27)/t16-,17+/m0/s1. The van der Waals surface area contributed by atoms with Crippen LogP contribution in [0.25, 0.3) is 5.69 Å². The van der Waals surface area contributed by atoms with E-state index in [2.05, 4.69) is 25.7 Å². The zero-order valence-electron chi connectivity index (χ0n) is 16.0. The number of aromatic nitrogens is 4. The second kappa shape index (κ2) is 8.27. The number of hydrogen-bond acceptors (Lipinski definition) is 7. The molecule has 0 spiro atoms. The summed E-state index contributed by atoms with van der Waals surface area (Å²) in [5, 5.41) is 10.7. The second-order valence-corrected chi connectivity index (χ2v) is 7.14. The van der Waals surface area contributed by atoms with Gasteiger partial charge >= 0.3 is 0 Å². The highest BCUT2D eigenvalue weighted by molar-refractivity contribution is 5.98. The van der Waals surface area contributed by atoms with Crippen LogP contribution in [-0.2, 0) is 0 Å². The molecule has 0 bridgehead atoms. The van der Waals surface area contributed by atoms with Gasteiger partial charge in [-0.05, 0) is 43.2 Å². The molecule has 150 valence electrons. The summed E-state index contributed by atoms with van der Waals surface area (Å²) in [7, 11) is 0. The number of nitrogens with two attached hydrogens (primary N) is 2. The van der Waals surface area contributed by atoms with Gasteiger partial charge in [0.25, 0.3) is 5.91 Å². The number of carbonyl (C=O) groups is 1. The fourth-order valence-electron chi connectivity index (χ4n) is 3.49. The summed E-state index contributed by atoms with van der Waals surface area (Å²) in [6, 6.07) is 9.64. The Hall–Kier alpha value is -3.46. The minimum absolute atomic E-state index is 0.0643. The number of anilines is 3. The molecule has 1 aliphatic rings. The van der Waals surface area contributed by atoms with Crippen LogP contribution < -0.4 is 22.1 Å². The molecule has 0 unspecified atom stereocenters. The summed E-state index contributed by atoms with van der Waals surface area (Å²) < 4.78 is 1.76. The molecule has 6 N–H and O–H groups in total. The molecule has 2 aromatic heterocycles. The highest BCUT2D eigenvalue weighted by Gasteiger charge is 2.23. The maximum Gasteiger partial charge on any atom is 0.254 e. The van der Waals surface area contributed by atoms with E-state index in [0.717, 1.165) is 37.1 Å². The van der Waals surface area contributed by atoms with Crippen molar-refractivity contribution in [1.82, 2.24) is 19.7 Å². The predicted molar refractivity (Wildman–Crippen MR) is 111 cm³/mol. The third-order valence-electron chi connectivity index (χ3n) is 5.09. The summed E-state index contributed by atoms with van der Waals surface area (Å²) >= 11 is 0. The molecule has 0 saturated heterocycles. The molecule has 0 radical (unpaired) electrons. The Morgan fingerprint density at radius 3 is 2.66 bits per heavy atom. The molecule has 1 saturated carbocycles. The Kier molecular flexibility index (Phi) is 5.39. The minimum Gasteiger partial charge on any atom is -0.365 e. The number of amides is 1. The van der Waals surface area contributed by atoms with Gasteiger partial charge < -0.3 is 22.1 Å². The Morgan fingerprint density at radius 2 is 1.97 bits per heavy atom. The molecule has 9 nitrogen and oxygen atoms in total. The molecule has 4 rings (SSSR count). The molecule has 29 heavy (non-hydrogen) atoms. The van der Waals surface area contributed by atoms with E-state index in [1.807, 2.05) is 36.5 Å². The number of primary amides is 1. The number of nitrogens with zero attached hydrogens (tertiary/aromatic N) is 4. The Balaban J connectivity index is 1.55. The van der Waals surface area contributed by atoms with Crippen molar-refractivity contribution in [3.05, 3.63) is 54.5 Å². The number of rotatable bonds is 6. The number of benzene rings is 1. The van der Waals surface area contributed by atoms with Gasteiger partial charge in [0, 0.05) is 36.4 Å². The topological polar surface area (TPSA) is 137 Å². The van der Waals surface area contributed by atoms with Gasteiger partial charge in [0.2, 0.25) is 5.95 Å². The van der Waals surface area contributed by atoms with Crippen LogP contribution >= 0.6 is 0 Å². The van der Waals surface area contributed by atoms with E-state index < -0.39 is 5.91 Å². The summed E-state index contributed by atoms with van der Waals surface area (Å²) in [5.74, 6) is 0.181. The summed E-state index contributed by atoms with van der Waals surface area (Å²) in [6.07, 6.45) is 9.24. The van der Waals surface area contributed by atoms with Gasteiger partial charge in [-0.1, -0.05) is 12.8 Å². The third-order valence-corrected chi connectivity index (χ3v) is 5.09. The van der Waals surface area contributed by atoms with Crippen molar-refractivity contribution in [2.24, 2.45) is 11.5 Å². The Morgan fingerprint density at radius 1 is 1.17 bits per heavy atom. The molecular weight excluding hydrogens is 368 g/mol. The lowest BCUT2D eigenvalue weighted by Crippen LogP contribution is -2.43. The summed E-state index contributed by atoms with van der Waals surface area (Å²) in [4.78, 5) is 20.6. The van der Waals surface area contributed by atoms with Crippen LogP contribution in [0.4, 0.5) is 17.5 Å². The number of nitrogens with one attached hydrogen (secondary N) is 2. The van der Waals surface area contributed by atoms with Crippen molar-refractivity contribution < 1.29 is 4.79 Å². The molecule has 9 heteroatoms. The highest BCUT2D eigenvalue weighted by atomic mass is 16.1. The van der Waals surface area contributed by atoms with Crippen LogP contribution in [0.3, 0.4) is 0 Å². The SMILES string of the molecule is NC(=O)c1cnc(N[C@@H]2CCCC[C@@H]2N)nc1Nc1ccc(-n2cccn2)cc1. The van der Waals surface area contributed by atoms with Crippen LogP contribution in [0, 0.1) is 0 Å². The van der Waals surface area contributed by atoms with Crippen molar-refractivity contribution in [1.29, 1.82) is 0 Å². The van der Waals surface area contributed by atoms with Crippen molar-refractivity contribution in [3.63, 3.8) is 0 Å². The molecule has 1 aromatic carbocycles. The summed E-state index contributed by atoms with van der Waals surface area (Å²) in [5.41, 5.74) is 13.6. The van der Waals surface area contributed by atoms with Crippen molar-refractivity contribution in [2.45, 2.75) is 37.8 Å². The number of hydrogen-bond donors (Lipinski definition) is 4. The van der Waals surface area contributed by atoms with Gasteiger partial charge in [-0.25, -0.2) is 9.67 Å². The lowest BCUT2D eigenvalue weighted by molar-refractivity contribution is 0.100. The fraction of sp³-hybridized carbons (Fsp3) is 0.300. The quantitative estimate of drug-likeness (QED) is 0.504. The van der Waals surface area contributed by atoms with Gasteiger partial charge in [0.1, 0.15) is 11.4 Å². The van der Waals surface area contributed by atoms with E-state index in [4.69, 9.17) is 11.5 Å². The highest BCUT2D eigenvalue weighted by Crippen LogP contribution is 2.23. The smallest absolute Gasteiger partial charge is 0.254 e. The van der Waals surface area contributed by atoms with Crippen molar-refractivity contribution in [2.75, 3.05) is 10.6 Å². The normalized spacial score (nSPS) is 18.9. The van der Waals surface area contributed by atoms with E-state index in [0.29, 0.717) is 11.8 Å². The largest absolute Gasteiger partial charge is 0.365 e. The van der Waals surface area contributed by atoms with E-state index >= 15 is 0 Å². The van der Waals surface area contributed by atoms with Gasteiger partial charge in [-0.2, -0.15) is 10.1 Å². The molecule has 1 fully saturated rings. The minimum atomic E-state index is -0.596. The maximum atomic E-state index is 11.8. The molecule has 1 aliphatic carbocycles. The first-order valence-electron chi connectivity index (χ1n) is 9.66. The lowest BCUT2D eigenvalue weighted by atomic mass is 9.91. The molecular formula is C20H24N8O. The van der Waals surface area contributed by atoms with E-state index in [-0.39, 0.29) is 17.6 Å². The molecule has 1 amide bonds. The zero-order chi connectivity index (χ0) is 20.2. The van der Waals surface area contributed by atoms with Gasteiger partial charge in [0.15, 0.2) is 0 Å². The van der Waals surface area contributed by atoms with Crippen molar-refractivity contribution in [3.8, 4) is 5.69 Å². The van der Waals surface area contributed by atoms with E-state index in [9.17, 15) is 4.79 Å². The fourth-order valence-corrected chi connectivity index (χ4v) is 3.49. The van der Waals surface area contributed by atoms with Crippen LogP contribution in [0.1, 0.15) is 36.0 Å². The first-order valence-corrected chi connectivity index (χ1v) is 9.66. The third kappa shape index (κ3) is 4.35. The van der Waals surface area contributed by atoms with Gasteiger partial charge in [0.05, 0.1) is 5.69 Å². The van der Waals surface area contributed by atoms with Crippen LogP contribution in [-0.4, -0.2) is 37.7 Å². The predicted octanol–water partition coefficient (Wildman–Crippen LogP) is 2.19. The summed E-state index contributed by atoms with van der Waals surface area (Å²) in [6.45, 7) is 0. The van der Waals surface area contributed by atoms with Crippen molar-refractivity contribution >= 4 is 23.4 Å². The van der Waals surface area contributed by atoms with Crippen LogP contribution in [0.5, 0.6) is 0 Å². The maximum absolute atomic E-state index is 11.8. The first kappa shape index (κ1) is 18.9. The zero-order valence-corrected chi connectivity index (χ0v) is 16.0. The van der Waals surface area contributed by atoms with E-state index in [1.54, 1.807) is 10.9 Å². The van der Waals surface area contributed by atoms with Crippen LogP contribution in [0.2, 0.25) is 0 Å². The van der Waals surface area contributed by atoms with Gasteiger partial charge in [-0.3, -0.25) is 4.79 Å². The Labute approximate surface area is 168 Å². The molecule has 2 heterocycles. The molecule has 2 atom stereocenters. The van der Waals surface area contributed by atoms with Gasteiger partial charge in [-0.15, -0.1) is 0 Å². The monoisotopic (exact) mass is 392 g/mol. The molecule has 3 aromatic rings. The lowest BCUT2D eigenvalue weighted by Gasteiger charge is -2.29. The first-order chi connectivity index (χ1) is 14.1. The second-order valence-electron chi connectivity index (χ2n) is 7.14. The number of carbonyl (C=O) groups excluding carboxylic acids is 1. The van der Waals surface area contributed by atoms with E-state index in [1.165, 1.54) is 6.20 Å². The Bertz CT molecular complexity index is 971. The average Bonchev–Trinajstić information content (AvgIpc) is 3.25. The molecule has 0 aliphatic heterocycles.